The first-order valence-electron chi connectivity index (χ1n) is 16.6. The van der Waals surface area contributed by atoms with Crippen molar-refractivity contribution < 1.29 is 19.1 Å². The highest BCUT2D eigenvalue weighted by Gasteiger charge is 2.24. The van der Waals surface area contributed by atoms with Gasteiger partial charge in [-0.1, -0.05) is 78.4 Å². The maximum Gasteiger partial charge on any atom is 0.272 e. The van der Waals surface area contributed by atoms with Crippen molar-refractivity contribution in [3.8, 4) is 17.0 Å². The van der Waals surface area contributed by atoms with E-state index in [2.05, 4.69) is 20.9 Å². The summed E-state index contributed by atoms with van der Waals surface area (Å²) >= 11 is 2.76. The average molecular weight is 725 g/mol. The standard InChI is InChI=1S/C42H36N4O4S2/c1-3-50-34-21-17-30(18-22-34)37-27-51-42(45-37)46-41(49)38(31-13-6-4-7-14-31)52-35-23-19-33(20-24-35)43-40(48)36(26-29-12-10-11-28(2)25-29)44-39(47)32-15-8-5-9-16-32/h4-27,38H,3H2,1-2H3,(H,43,48)(H,44,47)(H,45,46,49)/b36-26-. The van der Waals surface area contributed by atoms with E-state index in [0.29, 0.717) is 23.0 Å². The smallest absolute Gasteiger partial charge is 0.272 e. The zero-order valence-electron chi connectivity index (χ0n) is 28.5. The van der Waals surface area contributed by atoms with E-state index in [1.165, 1.54) is 23.1 Å². The van der Waals surface area contributed by atoms with Gasteiger partial charge in [0, 0.05) is 27.1 Å². The van der Waals surface area contributed by atoms with E-state index in [0.717, 1.165) is 38.6 Å². The molecule has 1 unspecified atom stereocenters. The minimum atomic E-state index is -0.573. The van der Waals surface area contributed by atoms with Crippen LogP contribution in [0.4, 0.5) is 10.8 Å². The molecule has 0 aliphatic carbocycles. The number of hydrogen-bond donors (Lipinski definition) is 3. The summed E-state index contributed by atoms with van der Waals surface area (Å²) in [5.74, 6) is -0.279. The van der Waals surface area contributed by atoms with Gasteiger partial charge in [0.25, 0.3) is 11.8 Å². The normalized spacial score (nSPS) is 11.7. The summed E-state index contributed by atoms with van der Waals surface area (Å²) in [6, 6.07) is 40.9. The van der Waals surface area contributed by atoms with Gasteiger partial charge in [-0.25, -0.2) is 4.98 Å². The number of benzene rings is 5. The lowest BCUT2D eigenvalue weighted by molar-refractivity contribution is -0.116. The molecule has 0 radical (unpaired) electrons. The van der Waals surface area contributed by atoms with Crippen molar-refractivity contribution in [2.24, 2.45) is 0 Å². The Balaban J connectivity index is 1.15. The fraction of sp³-hybridized carbons (Fsp3) is 0.0952. The Hall–Kier alpha value is -5.97. The lowest BCUT2D eigenvalue weighted by atomic mass is 10.1. The number of anilines is 2. The summed E-state index contributed by atoms with van der Waals surface area (Å²) in [5, 5.41) is 10.5. The number of ether oxygens (including phenoxy) is 1. The minimum absolute atomic E-state index is 0.103. The van der Waals surface area contributed by atoms with Gasteiger partial charge in [-0.05, 0) is 91.7 Å². The first-order chi connectivity index (χ1) is 25.3. The van der Waals surface area contributed by atoms with Crippen molar-refractivity contribution in [2.45, 2.75) is 24.0 Å². The van der Waals surface area contributed by atoms with Crippen molar-refractivity contribution in [1.29, 1.82) is 0 Å². The number of thioether (sulfide) groups is 1. The largest absolute Gasteiger partial charge is 0.494 e. The molecule has 0 spiro atoms. The number of rotatable bonds is 13. The van der Waals surface area contributed by atoms with Crippen LogP contribution in [-0.2, 0) is 9.59 Å². The zero-order chi connectivity index (χ0) is 36.3. The fourth-order valence-corrected chi connectivity index (χ4v) is 6.99. The van der Waals surface area contributed by atoms with Gasteiger partial charge in [-0.2, -0.15) is 0 Å². The molecule has 1 atom stereocenters. The van der Waals surface area contributed by atoms with Crippen LogP contribution in [0.1, 0.15) is 39.2 Å². The number of amides is 3. The molecule has 260 valence electrons. The first-order valence-corrected chi connectivity index (χ1v) is 18.4. The summed E-state index contributed by atoms with van der Waals surface area (Å²) in [7, 11) is 0. The average Bonchev–Trinajstić information content (AvgIpc) is 3.63. The van der Waals surface area contributed by atoms with Crippen LogP contribution < -0.4 is 20.7 Å². The van der Waals surface area contributed by atoms with Crippen LogP contribution in [0.15, 0.2) is 149 Å². The molecule has 0 bridgehead atoms. The van der Waals surface area contributed by atoms with E-state index in [4.69, 9.17) is 4.74 Å². The van der Waals surface area contributed by atoms with E-state index in [1.54, 1.807) is 42.5 Å². The van der Waals surface area contributed by atoms with Crippen LogP contribution in [-0.4, -0.2) is 29.3 Å². The molecule has 0 saturated heterocycles. The molecule has 52 heavy (non-hydrogen) atoms. The Labute approximate surface area is 311 Å². The number of carbonyl (C=O) groups is 3. The van der Waals surface area contributed by atoms with Crippen LogP contribution >= 0.6 is 23.1 Å². The molecule has 3 N–H and O–H groups in total. The van der Waals surface area contributed by atoms with Gasteiger partial charge < -0.3 is 20.7 Å². The van der Waals surface area contributed by atoms with Crippen LogP contribution in [0.25, 0.3) is 17.3 Å². The molecular weight excluding hydrogens is 689 g/mol. The Morgan fingerprint density at radius 3 is 2.23 bits per heavy atom. The molecule has 1 aromatic heterocycles. The summed E-state index contributed by atoms with van der Waals surface area (Å²) in [4.78, 5) is 45.8. The maximum atomic E-state index is 13.7. The van der Waals surface area contributed by atoms with E-state index in [1.807, 2.05) is 116 Å². The number of carbonyl (C=O) groups excluding carboxylic acids is 3. The number of aryl methyl sites for hydroxylation is 1. The molecule has 10 heteroatoms. The van der Waals surface area contributed by atoms with Gasteiger partial charge in [0.1, 0.15) is 16.7 Å². The van der Waals surface area contributed by atoms with E-state index < -0.39 is 17.1 Å². The van der Waals surface area contributed by atoms with Crippen LogP contribution in [0.3, 0.4) is 0 Å². The summed E-state index contributed by atoms with van der Waals surface area (Å²) in [6.07, 6.45) is 1.65. The third kappa shape index (κ3) is 9.63. The molecule has 5 aromatic carbocycles. The predicted molar refractivity (Wildman–Crippen MR) is 211 cm³/mol. The SMILES string of the molecule is CCOc1ccc(-c2csc(NC(=O)C(Sc3ccc(NC(=O)/C(=C/c4cccc(C)c4)NC(=O)c4ccccc4)cc3)c3ccccc3)n2)cc1. The van der Waals surface area contributed by atoms with Crippen molar-refractivity contribution in [1.82, 2.24) is 10.3 Å². The van der Waals surface area contributed by atoms with Gasteiger partial charge in [-0.3, -0.25) is 14.4 Å². The van der Waals surface area contributed by atoms with Crippen LogP contribution in [0.2, 0.25) is 0 Å². The molecule has 0 fully saturated rings. The first kappa shape index (κ1) is 35.8. The lowest BCUT2D eigenvalue weighted by Crippen LogP contribution is -2.30. The highest BCUT2D eigenvalue weighted by Crippen LogP contribution is 2.37. The molecule has 6 aromatic rings. The van der Waals surface area contributed by atoms with Crippen LogP contribution in [0.5, 0.6) is 5.75 Å². The van der Waals surface area contributed by atoms with E-state index >= 15 is 0 Å². The zero-order valence-corrected chi connectivity index (χ0v) is 30.2. The molecule has 6 rings (SSSR count). The summed E-state index contributed by atoms with van der Waals surface area (Å²) < 4.78 is 5.54. The number of hydrogen-bond acceptors (Lipinski definition) is 7. The molecule has 3 amide bonds. The predicted octanol–water partition coefficient (Wildman–Crippen LogP) is 9.40. The topological polar surface area (TPSA) is 109 Å². The van der Waals surface area contributed by atoms with Gasteiger partial charge in [-0.15, -0.1) is 23.1 Å². The second-order valence-corrected chi connectivity index (χ2v) is 13.7. The van der Waals surface area contributed by atoms with Crippen molar-refractivity contribution in [2.75, 3.05) is 17.2 Å². The fourth-order valence-electron chi connectivity index (χ4n) is 5.24. The molecular formula is C42H36N4O4S2. The number of aromatic nitrogens is 1. The van der Waals surface area contributed by atoms with Crippen molar-refractivity contribution in [3.63, 3.8) is 0 Å². The lowest BCUT2D eigenvalue weighted by Gasteiger charge is -2.17. The van der Waals surface area contributed by atoms with Gasteiger partial charge in [0.05, 0.1) is 12.3 Å². The Kier molecular flexibility index (Phi) is 11.9. The number of nitrogens with zero attached hydrogens (tertiary/aromatic N) is 1. The summed E-state index contributed by atoms with van der Waals surface area (Å²) in [6.45, 7) is 4.50. The van der Waals surface area contributed by atoms with Crippen molar-refractivity contribution >= 4 is 57.7 Å². The minimum Gasteiger partial charge on any atom is -0.494 e. The highest BCUT2D eigenvalue weighted by molar-refractivity contribution is 8.00. The Bertz CT molecular complexity index is 2170. The molecule has 0 aliphatic heterocycles. The molecule has 1 heterocycles. The number of nitrogens with one attached hydrogen (secondary N) is 3. The third-order valence-corrected chi connectivity index (χ3v) is 9.81. The Morgan fingerprint density at radius 1 is 0.827 bits per heavy atom. The molecule has 0 saturated carbocycles. The second-order valence-electron chi connectivity index (χ2n) is 11.7. The van der Waals surface area contributed by atoms with E-state index in [-0.39, 0.29) is 11.6 Å². The monoisotopic (exact) mass is 724 g/mol. The third-order valence-electron chi connectivity index (χ3n) is 7.78. The maximum absolute atomic E-state index is 13.7. The quantitative estimate of drug-likeness (QED) is 0.0809. The summed E-state index contributed by atoms with van der Waals surface area (Å²) in [5.41, 5.74) is 5.41. The van der Waals surface area contributed by atoms with Gasteiger partial charge >= 0.3 is 0 Å². The molecule has 0 aliphatic rings. The van der Waals surface area contributed by atoms with E-state index in [9.17, 15) is 14.4 Å². The van der Waals surface area contributed by atoms with Crippen LogP contribution in [0, 0.1) is 6.92 Å². The highest BCUT2D eigenvalue weighted by atomic mass is 32.2. The Morgan fingerprint density at radius 2 is 1.54 bits per heavy atom. The number of thiazole rings is 1. The van der Waals surface area contributed by atoms with Crippen molar-refractivity contribution in [3.05, 3.63) is 167 Å². The molecule has 8 nitrogen and oxygen atoms in total. The van der Waals surface area contributed by atoms with Gasteiger partial charge in [0.15, 0.2) is 5.13 Å². The van der Waals surface area contributed by atoms with Gasteiger partial charge in [0.2, 0.25) is 5.91 Å². The second kappa shape index (κ2) is 17.3.